The summed E-state index contributed by atoms with van der Waals surface area (Å²) in [6.07, 6.45) is 3.26. The van der Waals surface area contributed by atoms with Crippen molar-refractivity contribution in [2.24, 2.45) is 17.8 Å². The highest BCUT2D eigenvalue weighted by atomic mass is 16.5. The Kier molecular flexibility index (Phi) is 3.17. The van der Waals surface area contributed by atoms with Crippen LogP contribution in [0.2, 0.25) is 0 Å². The Bertz CT molecular complexity index is 297. The second-order valence-corrected chi connectivity index (χ2v) is 4.95. The first-order chi connectivity index (χ1) is 7.56. The topological polar surface area (TPSA) is 52.6 Å². The number of hydrogen-bond acceptors (Lipinski definition) is 4. The van der Waals surface area contributed by atoms with Gasteiger partial charge in [0.2, 0.25) is 0 Å². The summed E-state index contributed by atoms with van der Waals surface area (Å²) in [6.45, 7) is 3.36. The first-order valence-corrected chi connectivity index (χ1v) is 5.87. The Morgan fingerprint density at radius 1 is 1.12 bits per heavy atom. The maximum absolute atomic E-state index is 10.9. The summed E-state index contributed by atoms with van der Waals surface area (Å²) in [6, 6.07) is 0. The average molecular weight is 226 g/mol. The second kappa shape index (κ2) is 4.44. The van der Waals surface area contributed by atoms with Crippen molar-refractivity contribution in [3.05, 3.63) is 0 Å². The van der Waals surface area contributed by atoms with Gasteiger partial charge in [0.1, 0.15) is 6.10 Å². The highest BCUT2D eigenvalue weighted by molar-refractivity contribution is 5.66. The van der Waals surface area contributed by atoms with Crippen LogP contribution in [0, 0.1) is 17.8 Å². The summed E-state index contributed by atoms with van der Waals surface area (Å²) in [5.41, 5.74) is 0. The number of carbonyl (C=O) groups is 2. The van der Waals surface area contributed by atoms with E-state index < -0.39 is 0 Å². The van der Waals surface area contributed by atoms with Gasteiger partial charge < -0.3 is 9.47 Å². The molecular formula is C12H18O4. The molecule has 0 saturated heterocycles. The van der Waals surface area contributed by atoms with Gasteiger partial charge in [0.05, 0.1) is 6.61 Å². The minimum absolute atomic E-state index is 0.0526. The molecule has 0 unspecified atom stereocenters. The van der Waals surface area contributed by atoms with Crippen molar-refractivity contribution in [1.29, 1.82) is 0 Å². The van der Waals surface area contributed by atoms with Crippen LogP contribution >= 0.6 is 0 Å². The summed E-state index contributed by atoms with van der Waals surface area (Å²) >= 11 is 0. The number of rotatable bonds is 3. The van der Waals surface area contributed by atoms with E-state index in [-0.39, 0.29) is 18.0 Å². The number of esters is 2. The summed E-state index contributed by atoms with van der Waals surface area (Å²) in [5, 5.41) is 0. The quantitative estimate of drug-likeness (QED) is 0.685. The molecule has 2 rings (SSSR count). The Balaban J connectivity index is 1.88. The van der Waals surface area contributed by atoms with E-state index >= 15 is 0 Å². The zero-order chi connectivity index (χ0) is 11.7. The van der Waals surface area contributed by atoms with Crippen molar-refractivity contribution >= 4 is 11.9 Å². The summed E-state index contributed by atoms with van der Waals surface area (Å²) in [4.78, 5) is 21.7. The minimum Gasteiger partial charge on any atom is -0.466 e. The Morgan fingerprint density at radius 2 is 1.88 bits per heavy atom. The molecule has 0 spiro atoms. The maximum Gasteiger partial charge on any atom is 0.302 e. The van der Waals surface area contributed by atoms with E-state index in [0.29, 0.717) is 24.4 Å². The maximum atomic E-state index is 10.9. The molecule has 0 amide bonds. The lowest BCUT2D eigenvalue weighted by Gasteiger charge is -2.28. The van der Waals surface area contributed by atoms with E-state index in [0.717, 1.165) is 19.3 Å². The van der Waals surface area contributed by atoms with E-state index in [1.165, 1.54) is 13.8 Å². The predicted octanol–water partition coefficient (Wildman–Crippen LogP) is 1.53. The summed E-state index contributed by atoms with van der Waals surface area (Å²) in [5.74, 6) is 0.991. The largest absolute Gasteiger partial charge is 0.466 e. The molecule has 4 atom stereocenters. The molecule has 0 aromatic heterocycles. The molecule has 2 bridgehead atoms. The lowest BCUT2D eigenvalue weighted by molar-refractivity contribution is -0.152. The van der Waals surface area contributed by atoms with E-state index in [1.807, 2.05) is 0 Å². The van der Waals surface area contributed by atoms with E-state index in [1.54, 1.807) is 0 Å². The molecule has 4 nitrogen and oxygen atoms in total. The monoisotopic (exact) mass is 226 g/mol. The van der Waals surface area contributed by atoms with Crippen molar-refractivity contribution in [3.8, 4) is 0 Å². The third-order valence-corrected chi connectivity index (χ3v) is 3.71. The molecule has 0 aliphatic heterocycles. The Labute approximate surface area is 95.3 Å². The molecule has 2 saturated carbocycles. The van der Waals surface area contributed by atoms with Crippen molar-refractivity contribution in [3.63, 3.8) is 0 Å². The first-order valence-electron chi connectivity index (χ1n) is 5.87. The van der Waals surface area contributed by atoms with Gasteiger partial charge in [-0.15, -0.1) is 0 Å². The van der Waals surface area contributed by atoms with Crippen LogP contribution in [0.15, 0.2) is 0 Å². The molecule has 0 aromatic rings. The van der Waals surface area contributed by atoms with Crippen LogP contribution < -0.4 is 0 Å². The van der Waals surface area contributed by atoms with Crippen LogP contribution in [-0.4, -0.2) is 24.6 Å². The van der Waals surface area contributed by atoms with Gasteiger partial charge >= 0.3 is 11.9 Å². The molecular weight excluding hydrogens is 208 g/mol. The van der Waals surface area contributed by atoms with Gasteiger partial charge in [-0.2, -0.15) is 0 Å². The van der Waals surface area contributed by atoms with E-state index in [2.05, 4.69) is 0 Å². The second-order valence-electron chi connectivity index (χ2n) is 4.95. The van der Waals surface area contributed by atoms with E-state index in [9.17, 15) is 9.59 Å². The highest BCUT2D eigenvalue weighted by Gasteiger charge is 2.48. The predicted molar refractivity (Wildman–Crippen MR) is 56.5 cm³/mol. The fraction of sp³-hybridized carbons (Fsp3) is 0.833. The molecule has 4 heteroatoms. The third kappa shape index (κ3) is 2.36. The molecule has 2 aliphatic carbocycles. The number of hydrogen-bond donors (Lipinski definition) is 0. The highest BCUT2D eigenvalue weighted by Crippen LogP contribution is 2.49. The fourth-order valence-corrected chi connectivity index (χ4v) is 3.19. The van der Waals surface area contributed by atoms with Crippen LogP contribution in [0.25, 0.3) is 0 Å². The lowest BCUT2D eigenvalue weighted by atomic mass is 9.87. The van der Waals surface area contributed by atoms with Gasteiger partial charge in [0.25, 0.3) is 0 Å². The number of fused-ring (bicyclic) bond motifs is 2. The number of carbonyl (C=O) groups excluding carboxylic acids is 2. The van der Waals surface area contributed by atoms with Crippen LogP contribution in [-0.2, 0) is 19.1 Å². The van der Waals surface area contributed by atoms with Crippen LogP contribution in [0.1, 0.15) is 33.1 Å². The van der Waals surface area contributed by atoms with Gasteiger partial charge in [-0.05, 0) is 31.1 Å². The molecule has 0 radical (unpaired) electrons. The van der Waals surface area contributed by atoms with Gasteiger partial charge in [-0.1, -0.05) is 0 Å². The zero-order valence-electron chi connectivity index (χ0n) is 9.77. The molecule has 2 fully saturated rings. The lowest BCUT2D eigenvalue weighted by Crippen LogP contribution is -2.31. The zero-order valence-corrected chi connectivity index (χ0v) is 9.77. The van der Waals surface area contributed by atoms with Crippen molar-refractivity contribution in [1.82, 2.24) is 0 Å². The van der Waals surface area contributed by atoms with Crippen molar-refractivity contribution in [2.75, 3.05) is 6.61 Å². The first kappa shape index (κ1) is 11.4. The average Bonchev–Trinajstić information content (AvgIpc) is 2.72. The van der Waals surface area contributed by atoms with Crippen LogP contribution in [0.3, 0.4) is 0 Å². The molecule has 0 aromatic carbocycles. The van der Waals surface area contributed by atoms with Crippen molar-refractivity contribution < 1.29 is 19.1 Å². The Morgan fingerprint density at radius 3 is 2.44 bits per heavy atom. The summed E-state index contributed by atoms with van der Waals surface area (Å²) < 4.78 is 10.4. The van der Waals surface area contributed by atoms with Crippen LogP contribution in [0.4, 0.5) is 0 Å². The fourth-order valence-electron chi connectivity index (χ4n) is 3.19. The smallest absolute Gasteiger partial charge is 0.302 e. The van der Waals surface area contributed by atoms with Crippen molar-refractivity contribution in [2.45, 2.75) is 39.2 Å². The number of ether oxygens (including phenoxy) is 2. The molecule has 16 heavy (non-hydrogen) atoms. The molecule has 0 heterocycles. The van der Waals surface area contributed by atoms with E-state index in [4.69, 9.17) is 9.47 Å². The molecule has 90 valence electrons. The third-order valence-electron chi connectivity index (χ3n) is 3.71. The van der Waals surface area contributed by atoms with Gasteiger partial charge in [-0.3, -0.25) is 9.59 Å². The van der Waals surface area contributed by atoms with Crippen LogP contribution in [0.5, 0.6) is 0 Å². The van der Waals surface area contributed by atoms with Gasteiger partial charge in [0.15, 0.2) is 0 Å². The normalized spacial score (nSPS) is 36.1. The molecule has 2 aliphatic rings. The minimum atomic E-state index is -0.230. The summed E-state index contributed by atoms with van der Waals surface area (Å²) in [7, 11) is 0. The standard InChI is InChI=1S/C12H18O4/c1-7(13)15-6-10-3-9-4-11(10)12(5-9)16-8(2)14/h9-12H,3-6H2,1-2H3/t9-,10-,11+,12-/m1/s1. The molecule has 0 N–H and O–H groups in total. The SMILES string of the molecule is CC(=O)OC[C@H]1C[C@@H]2C[C@@H]1[C@H](OC(C)=O)C2. The Hall–Kier alpha value is -1.06. The van der Waals surface area contributed by atoms with Gasteiger partial charge in [-0.25, -0.2) is 0 Å². The van der Waals surface area contributed by atoms with Gasteiger partial charge in [0, 0.05) is 19.8 Å².